The third-order valence-electron chi connectivity index (χ3n) is 2.50. The molecule has 0 amide bonds. The standard InChI is InChI=1S/C9H12N2O6/c12-3-4-6(14)7(15)8(17-4)11-2-1-5(13)10-9(11)16/h1-2,4,6-8,12,14-15H,3H2,(H,10,13,16)/t4-,6-,7-,8-/m1/s1/i7D. The molecular formula is C9H12N2O6. The Morgan fingerprint density at radius 1 is 1.53 bits per heavy atom. The van der Waals surface area contributed by atoms with E-state index in [9.17, 15) is 19.8 Å². The number of hydrogen-bond acceptors (Lipinski definition) is 6. The molecule has 0 radical (unpaired) electrons. The van der Waals surface area contributed by atoms with Crippen LogP contribution >= 0.6 is 0 Å². The molecule has 0 aliphatic carbocycles. The molecule has 94 valence electrons. The van der Waals surface area contributed by atoms with Crippen molar-refractivity contribution in [3.63, 3.8) is 0 Å². The number of rotatable bonds is 2. The van der Waals surface area contributed by atoms with Crippen LogP contribution in [0.2, 0.25) is 0 Å². The summed E-state index contributed by atoms with van der Waals surface area (Å²) >= 11 is 0. The predicted octanol–water partition coefficient (Wildman–Crippen LogP) is -2.85. The molecule has 0 unspecified atom stereocenters. The van der Waals surface area contributed by atoms with E-state index in [2.05, 4.69) is 0 Å². The van der Waals surface area contributed by atoms with E-state index in [1.165, 1.54) is 0 Å². The van der Waals surface area contributed by atoms with Crippen molar-refractivity contribution < 1.29 is 21.4 Å². The highest BCUT2D eigenvalue weighted by Crippen LogP contribution is 2.27. The van der Waals surface area contributed by atoms with Gasteiger partial charge < -0.3 is 20.1 Å². The Kier molecular flexibility index (Phi) is 2.77. The van der Waals surface area contributed by atoms with Gasteiger partial charge in [0, 0.05) is 12.3 Å². The second-order valence-corrected chi connectivity index (χ2v) is 3.60. The molecule has 1 aromatic heterocycles. The third-order valence-corrected chi connectivity index (χ3v) is 2.50. The first-order valence-electron chi connectivity index (χ1n) is 5.36. The van der Waals surface area contributed by atoms with Crippen LogP contribution in [0.25, 0.3) is 0 Å². The molecule has 1 aliphatic rings. The zero-order chi connectivity index (χ0) is 13.5. The van der Waals surface area contributed by atoms with Gasteiger partial charge in [-0.2, -0.15) is 0 Å². The van der Waals surface area contributed by atoms with Gasteiger partial charge in [0.15, 0.2) is 6.23 Å². The van der Waals surface area contributed by atoms with Crippen molar-refractivity contribution in [1.29, 1.82) is 0 Å². The van der Waals surface area contributed by atoms with Gasteiger partial charge in [-0.1, -0.05) is 0 Å². The minimum atomic E-state index is -2.50. The van der Waals surface area contributed by atoms with E-state index in [1.807, 2.05) is 4.98 Å². The van der Waals surface area contributed by atoms with Crippen LogP contribution in [0, 0.1) is 0 Å². The highest BCUT2D eigenvalue weighted by Gasteiger charge is 2.43. The molecule has 8 heteroatoms. The lowest BCUT2D eigenvalue weighted by Crippen LogP contribution is -2.37. The van der Waals surface area contributed by atoms with Crippen LogP contribution in [0.1, 0.15) is 7.60 Å². The van der Waals surface area contributed by atoms with E-state index in [0.29, 0.717) is 0 Å². The summed E-state index contributed by atoms with van der Waals surface area (Å²) in [7, 11) is 0. The molecule has 0 spiro atoms. The molecule has 1 saturated heterocycles. The molecular weight excluding hydrogens is 232 g/mol. The fourth-order valence-corrected chi connectivity index (χ4v) is 1.61. The lowest BCUT2D eigenvalue weighted by molar-refractivity contribution is -0.0550. The SMILES string of the molecule is [2H][C@@]1(O)[C@H](O)[C@@H](CO)O[C@H]1n1ccc(=O)[nH]c1=O. The van der Waals surface area contributed by atoms with Gasteiger partial charge in [0.05, 0.1) is 7.98 Å². The second-order valence-electron chi connectivity index (χ2n) is 3.60. The van der Waals surface area contributed by atoms with Crippen molar-refractivity contribution in [2.24, 2.45) is 0 Å². The number of hydrogen-bond donors (Lipinski definition) is 4. The van der Waals surface area contributed by atoms with E-state index in [4.69, 9.17) is 11.2 Å². The number of ether oxygens (including phenoxy) is 1. The van der Waals surface area contributed by atoms with Crippen LogP contribution < -0.4 is 11.2 Å². The Labute approximate surface area is 96.1 Å². The number of nitrogens with one attached hydrogen (secondary N) is 1. The molecule has 0 bridgehead atoms. The maximum absolute atomic E-state index is 11.5. The van der Waals surface area contributed by atoms with E-state index >= 15 is 0 Å². The second kappa shape index (κ2) is 4.41. The van der Waals surface area contributed by atoms with E-state index < -0.39 is 42.4 Å². The highest BCUT2D eigenvalue weighted by atomic mass is 16.6. The highest BCUT2D eigenvalue weighted by molar-refractivity contribution is 4.92. The first-order valence-corrected chi connectivity index (χ1v) is 4.86. The summed E-state index contributed by atoms with van der Waals surface area (Å²) in [5, 5.41) is 28.3. The van der Waals surface area contributed by atoms with Crippen molar-refractivity contribution in [3.05, 3.63) is 33.1 Å². The summed E-state index contributed by atoms with van der Waals surface area (Å²) < 4.78 is 13.4. The van der Waals surface area contributed by atoms with Gasteiger partial charge in [-0.05, 0) is 0 Å². The molecule has 2 heterocycles. The molecule has 8 nitrogen and oxygen atoms in total. The number of aliphatic hydroxyl groups is 3. The van der Waals surface area contributed by atoms with Gasteiger partial charge in [0.2, 0.25) is 0 Å². The first-order chi connectivity index (χ1) is 8.37. The normalized spacial score (nSPS) is 38.1. The number of H-pyrrole nitrogens is 1. The Hall–Kier alpha value is -1.48. The van der Waals surface area contributed by atoms with E-state index in [0.717, 1.165) is 16.8 Å². The fraction of sp³-hybridized carbons (Fsp3) is 0.556. The average Bonchev–Trinajstić information content (AvgIpc) is 2.52. The predicted molar refractivity (Wildman–Crippen MR) is 54.3 cm³/mol. The molecule has 4 atom stereocenters. The van der Waals surface area contributed by atoms with Crippen molar-refractivity contribution in [2.45, 2.75) is 24.5 Å². The summed E-state index contributed by atoms with van der Waals surface area (Å²) in [4.78, 5) is 24.3. The van der Waals surface area contributed by atoms with Crippen LogP contribution in [-0.2, 0) is 4.74 Å². The molecule has 1 aromatic rings. The zero-order valence-electron chi connectivity index (χ0n) is 9.61. The van der Waals surface area contributed by atoms with E-state index in [1.54, 1.807) is 0 Å². The number of aromatic amines is 1. The molecule has 0 aromatic carbocycles. The number of nitrogens with zero attached hydrogens (tertiary/aromatic N) is 1. The Morgan fingerprint density at radius 3 is 2.76 bits per heavy atom. The zero-order valence-corrected chi connectivity index (χ0v) is 8.61. The van der Waals surface area contributed by atoms with Crippen molar-refractivity contribution >= 4 is 0 Å². The summed E-state index contributed by atoms with van der Waals surface area (Å²) in [6.45, 7) is -0.614. The molecule has 2 rings (SSSR count). The lowest BCUT2D eigenvalue weighted by Gasteiger charge is -2.16. The molecule has 1 fully saturated rings. The van der Waals surface area contributed by atoms with Gasteiger partial charge in [-0.25, -0.2) is 4.79 Å². The quantitative estimate of drug-likeness (QED) is 0.444. The summed E-state index contributed by atoms with van der Waals surface area (Å²) in [6.07, 6.45) is -5.84. The monoisotopic (exact) mass is 245 g/mol. The number of aliphatic hydroxyl groups excluding tert-OH is 2. The van der Waals surface area contributed by atoms with Gasteiger partial charge in [0.25, 0.3) is 5.56 Å². The molecule has 1 aliphatic heterocycles. The van der Waals surface area contributed by atoms with Crippen molar-refractivity contribution in [1.82, 2.24) is 9.55 Å². The van der Waals surface area contributed by atoms with Gasteiger partial charge in [-0.15, -0.1) is 0 Å². The van der Waals surface area contributed by atoms with Gasteiger partial charge in [-0.3, -0.25) is 14.3 Å². The Balaban J connectivity index is 2.45. The van der Waals surface area contributed by atoms with Crippen LogP contribution in [0.4, 0.5) is 0 Å². The summed E-state index contributed by atoms with van der Waals surface area (Å²) in [5.41, 5.74) is -1.52. The third kappa shape index (κ3) is 2.03. The average molecular weight is 245 g/mol. The van der Waals surface area contributed by atoms with Crippen LogP contribution in [0.15, 0.2) is 21.9 Å². The van der Waals surface area contributed by atoms with Gasteiger partial charge in [0.1, 0.15) is 18.3 Å². The summed E-state index contributed by atoms with van der Waals surface area (Å²) in [6, 6.07) is 1.01. The first kappa shape index (κ1) is 10.7. The largest absolute Gasteiger partial charge is 0.394 e. The van der Waals surface area contributed by atoms with Crippen molar-refractivity contribution in [2.75, 3.05) is 6.61 Å². The van der Waals surface area contributed by atoms with Crippen LogP contribution in [0.3, 0.4) is 0 Å². The van der Waals surface area contributed by atoms with Gasteiger partial charge >= 0.3 is 5.69 Å². The molecule has 4 N–H and O–H groups in total. The summed E-state index contributed by atoms with van der Waals surface area (Å²) in [5.74, 6) is 0. The number of aromatic nitrogens is 2. The maximum atomic E-state index is 11.5. The van der Waals surface area contributed by atoms with Crippen molar-refractivity contribution in [3.8, 4) is 0 Å². The van der Waals surface area contributed by atoms with Crippen LogP contribution in [-0.4, -0.2) is 49.8 Å². The topological polar surface area (TPSA) is 125 Å². The molecule has 0 saturated carbocycles. The molecule has 17 heavy (non-hydrogen) atoms. The smallest absolute Gasteiger partial charge is 0.330 e. The lowest BCUT2D eigenvalue weighted by atomic mass is 10.1. The minimum absolute atomic E-state index is 0.614. The Morgan fingerprint density at radius 2 is 2.24 bits per heavy atom. The Bertz CT molecular complexity index is 552. The van der Waals surface area contributed by atoms with Crippen LogP contribution in [0.5, 0.6) is 0 Å². The van der Waals surface area contributed by atoms with E-state index in [-0.39, 0.29) is 0 Å². The minimum Gasteiger partial charge on any atom is -0.394 e. The maximum Gasteiger partial charge on any atom is 0.330 e. The fourth-order valence-electron chi connectivity index (χ4n) is 1.61.